The van der Waals surface area contributed by atoms with Gasteiger partial charge in [0.1, 0.15) is 12.0 Å². The van der Waals surface area contributed by atoms with Crippen LogP contribution in [0.3, 0.4) is 0 Å². The van der Waals surface area contributed by atoms with E-state index in [0.717, 1.165) is 44.7 Å². The fourth-order valence-electron chi connectivity index (χ4n) is 5.98. The van der Waals surface area contributed by atoms with Crippen molar-refractivity contribution in [3.8, 4) is 0 Å². The van der Waals surface area contributed by atoms with Crippen molar-refractivity contribution in [3.63, 3.8) is 0 Å². The van der Waals surface area contributed by atoms with Crippen molar-refractivity contribution in [1.82, 2.24) is 0 Å². The van der Waals surface area contributed by atoms with Crippen LogP contribution >= 0.6 is 0 Å². The fraction of sp³-hybridized carbons (Fsp3) is 0.864. The molecule has 1 heterocycles. The molecule has 0 radical (unpaired) electrons. The lowest BCUT2D eigenvalue weighted by Crippen LogP contribution is -3.13. The maximum atomic E-state index is 12.8. The van der Waals surface area contributed by atoms with Crippen LogP contribution in [-0.4, -0.2) is 42.9 Å². The molecular weight excluding hydrogens is 326 g/mol. The van der Waals surface area contributed by atoms with Gasteiger partial charge in [-0.1, -0.05) is 32.4 Å². The highest BCUT2D eigenvalue weighted by atomic mass is 16.6. The second-order valence-electron chi connectivity index (χ2n) is 9.65. The van der Waals surface area contributed by atoms with Gasteiger partial charge >= 0.3 is 5.97 Å². The summed E-state index contributed by atoms with van der Waals surface area (Å²) in [5, 5.41) is 11.4. The molecule has 4 aliphatic rings. The van der Waals surface area contributed by atoms with Gasteiger partial charge in [0.25, 0.3) is 0 Å². The zero-order chi connectivity index (χ0) is 18.5. The van der Waals surface area contributed by atoms with Gasteiger partial charge in [0, 0.05) is 23.7 Å². The second-order valence-corrected chi connectivity index (χ2v) is 9.65. The minimum Gasteiger partial charge on any atom is -0.461 e. The van der Waals surface area contributed by atoms with Gasteiger partial charge in [-0.15, -0.1) is 0 Å². The van der Waals surface area contributed by atoms with E-state index < -0.39 is 6.10 Å². The van der Waals surface area contributed by atoms with Crippen molar-refractivity contribution in [1.29, 1.82) is 0 Å². The number of aliphatic hydroxyl groups excluding tert-OH is 1. The van der Waals surface area contributed by atoms with E-state index in [1.807, 2.05) is 0 Å². The molecule has 1 unspecified atom stereocenters. The quantitative estimate of drug-likeness (QED) is 0.561. The fourth-order valence-corrected chi connectivity index (χ4v) is 5.98. The third kappa shape index (κ3) is 3.03. The molecule has 0 spiro atoms. The van der Waals surface area contributed by atoms with E-state index in [-0.39, 0.29) is 29.3 Å². The van der Waals surface area contributed by atoms with E-state index >= 15 is 0 Å². The zero-order valence-electron chi connectivity index (χ0n) is 16.7. The van der Waals surface area contributed by atoms with E-state index in [9.17, 15) is 9.90 Å². The number of hydrogen-bond donors (Lipinski definition) is 2. The summed E-state index contributed by atoms with van der Waals surface area (Å²) in [5.41, 5.74) is 1.14. The molecule has 7 atom stereocenters. The first-order valence-corrected chi connectivity index (χ1v) is 10.9. The number of nitrogens with one attached hydrogen (secondary N) is 1. The largest absolute Gasteiger partial charge is 0.461 e. The van der Waals surface area contributed by atoms with Crippen molar-refractivity contribution in [2.24, 2.45) is 29.1 Å². The van der Waals surface area contributed by atoms with Gasteiger partial charge in [-0.3, -0.25) is 4.79 Å². The summed E-state index contributed by atoms with van der Waals surface area (Å²) in [6.45, 7) is 9.86. The Labute approximate surface area is 158 Å². The number of esters is 1. The Balaban J connectivity index is 1.56. The molecule has 4 rings (SSSR count). The predicted molar refractivity (Wildman–Crippen MR) is 101 cm³/mol. The van der Waals surface area contributed by atoms with Gasteiger partial charge in [-0.05, 0) is 38.0 Å². The molecule has 0 aromatic rings. The van der Waals surface area contributed by atoms with Gasteiger partial charge in [0.05, 0.1) is 25.7 Å². The summed E-state index contributed by atoms with van der Waals surface area (Å²) in [6.07, 6.45) is 8.60. The van der Waals surface area contributed by atoms with Crippen molar-refractivity contribution in [3.05, 3.63) is 11.6 Å². The summed E-state index contributed by atoms with van der Waals surface area (Å²) >= 11 is 0. The average molecular weight is 363 g/mol. The molecule has 2 N–H and O–H groups in total. The number of aliphatic hydroxyl groups is 1. The summed E-state index contributed by atoms with van der Waals surface area (Å²) in [6, 6.07) is 0. The van der Waals surface area contributed by atoms with Crippen LogP contribution < -0.4 is 4.90 Å². The Morgan fingerprint density at radius 2 is 2.08 bits per heavy atom. The molecular formula is C22H36NO3+. The van der Waals surface area contributed by atoms with Crippen LogP contribution in [-0.2, 0) is 9.53 Å². The second kappa shape index (κ2) is 6.94. The van der Waals surface area contributed by atoms with Crippen LogP contribution in [0.4, 0.5) is 0 Å². The predicted octanol–water partition coefficient (Wildman–Crippen LogP) is 1.98. The molecule has 0 amide bonds. The zero-order valence-corrected chi connectivity index (χ0v) is 16.7. The SMILES string of the molecule is CCC[NH+](CC1CC1)C[C@@H]1C(=O)O[C@H]2CC3=CCC[C@H](C)[C@]3(C)[C@@H](O)[C@@H]21. The molecule has 1 saturated heterocycles. The Morgan fingerprint density at radius 3 is 2.77 bits per heavy atom. The van der Waals surface area contributed by atoms with Crippen LogP contribution in [0.1, 0.15) is 59.3 Å². The maximum Gasteiger partial charge on any atom is 0.315 e. The van der Waals surface area contributed by atoms with Crippen molar-refractivity contribution in [2.45, 2.75) is 71.5 Å². The summed E-state index contributed by atoms with van der Waals surface area (Å²) in [5.74, 6) is 1.09. The first-order valence-electron chi connectivity index (χ1n) is 10.9. The summed E-state index contributed by atoms with van der Waals surface area (Å²) in [4.78, 5) is 14.3. The molecule has 4 nitrogen and oxygen atoms in total. The van der Waals surface area contributed by atoms with E-state index in [2.05, 4.69) is 26.8 Å². The van der Waals surface area contributed by atoms with Gasteiger partial charge < -0.3 is 14.7 Å². The van der Waals surface area contributed by atoms with Crippen LogP contribution in [0.5, 0.6) is 0 Å². The lowest BCUT2D eigenvalue weighted by molar-refractivity contribution is -0.904. The van der Waals surface area contributed by atoms with Crippen LogP contribution in [0.25, 0.3) is 0 Å². The highest BCUT2D eigenvalue weighted by Gasteiger charge is 2.60. The number of quaternary nitrogens is 1. The van der Waals surface area contributed by atoms with Crippen molar-refractivity contribution in [2.75, 3.05) is 19.6 Å². The lowest BCUT2D eigenvalue weighted by atomic mass is 9.55. The number of allylic oxidation sites excluding steroid dienone is 1. The minimum absolute atomic E-state index is 0.0312. The van der Waals surface area contributed by atoms with Crippen LogP contribution in [0.2, 0.25) is 0 Å². The highest BCUT2D eigenvalue weighted by molar-refractivity contribution is 5.76. The Hall–Kier alpha value is -0.870. The normalized spacial score (nSPS) is 43.3. The van der Waals surface area contributed by atoms with E-state index in [1.54, 1.807) is 0 Å². The standard InChI is InChI=1S/C22H35NO3/c1-4-10-23(12-15-8-9-15)13-17-19-18(26-21(17)25)11-16-7-5-6-14(2)22(16,3)20(19)24/h7,14-15,17-20,24H,4-6,8-13H2,1-3H3/p+1/t14-,17-,18-,19+,20-,22-/m0/s1. The first-order chi connectivity index (χ1) is 12.4. The molecule has 3 fully saturated rings. The van der Waals surface area contributed by atoms with E-state index in [0.29, 0.717) is 5.92 Å². The molecule has 4 heteroatoms. The van der Waals surface area contributed by atoms with Gasteiger partial charge in [-0.2, -0.15) is 0 Å². The first kappa shape index (κ1) is 18.5. The number of rotatable bonds is 6. The molecule has 3 aliphatic carbocycles. The van der Waals surface area contributed by atoms with E-state index in [1.165, 1.54) is 29.9 Å². The molecule has 146 valence electrons. The average Bonchev–Trinajstić information content (AvgIpc) is 3.35. The monoisotopic (exact) mass is 362 g/mol. The van der Waals surface area contributed by atoms with Crippen LogP contribution in [0, 0.1) is 29.1 Å². The number of carbonyl (C=O) groups excluding carboxylic acids is 1. The van der Waals surface area contributed by atoms with Gasteiger partial charge in [0.2, 0.25) is 0 Å². The lowest BCUT2D eigenvalue weighted by Gasteiger charge is -2.51. The Bertz CT molecular complexity index is 584. The van der Waals surface area contributed by atoms with Crippen molar-refractivity contribution < 1.29 is 19.5 Å². The Kier molecular flexibility index (Phi) is 4.94. The number of fused-ring (bicyclic) bond motifs is 2. The summed E-state index contributed by atoms with van der Waals surface area (Å²) in [7, 11) is 0. The Morgan fingerprint density at radius 1 is 1.31 bits per heavy atom. The topological polar surface area (TPSA) is 51.0 Å². The molecule has 2 saturated carbocycles. The number of ether oxygens (including phenoxy) is 1. The van der Waals surface area contributed by atoms with Gasteiger partial charge in [0.15, 0.2) is 0 Å². The smallest absolute Gasteiger partial charge is 0.315 e. The third-order valence-corrected chi connectivity index (χ3v) is 7.96. The molecule has 0 aromatic heterocycles. The van der Waals surface area contributed by atoms with Crippen LogP contribution in [0.15, 0.2) is 11.6 Å². The summed E-state index contributed by atoms with van der Waals surface area (Å²) < 4.78 is 5.82. The molecule has 26 heavy (non-hydrogen) atoms. The van der Waals surface area contributed by atoms with Crippen molar-refractivity contribution >= 4 is 5.97 Å². The van der Waals surface area contributed by atoms with Gasteiger partial charge in [-0.25, -0.2) is 0 Å². The van der Waals surface area contributed by atoms with E-state index in [4.69, 9.17) is 4.74 Å². The molecule has 0 bridgehead atoms. The number of carbonyl (C=O) groups is 1. The maximum absolute atomic E-state index is 12.8. The molecule has 1 aliphatic heterocycles. The third-order valence-electron chi connectivity index (χ3n) is 7.96. The number of hydrogen-bond acceptors (Lipinski definition) is 3. The molecule has 0 aromatic carbocycles. The minimum atomic E-state index is -0.469. The highest BCUT2D eigenvalue weighted by Crippen LogP contribution is 2.55.